The van der Waals surface area contributed by atoms with E-state index in [4.69, 9.17) is 5.73 Å². The lowest BCUT2D eigenvalue weighted by atomic mass is 10.00. The lowest BCUT2D eigenvalue weighted by Crippen LogP contribution is -2.24. The van der Waals surface area contributed by atoms with Crippen LogP contribution in [0.4, 0.5) is 5.95 Å². The van der Waals surface area contributed by atoms with Crippen LogP contribution in [0.5, 0.6) is 0 Å². The fourth-order valence-corrected chi connectivity index (χ4v) is 1.58. The molecule has 0 atom stereocenters. The Morgan fingerprint density at radius 1 is 1.35 bits per heavy atom. The van der Waals surface area contributed by atoms with E-state index in [9.17, 15) is 0 Å². The number of aromatic nitrogens is 2. The van der Waals surface area contributed by atoms with Gasteiger partial charge in [-0.05, 0) is 18.4 Å². The number of anilines is 1. The first-order valence-corrected chi connectivity index (χ1v) is 6.10. The van der Waals surface area contributed by atoms with Crippen LogP contribution < -0.4 is 11.1 Å². The predicted octanol–water partition coefficient (Wildman–Crippen LogP) is 2.03. The van der Waals surface area contributed by atoms with Gasteiger partial charge in [0.05, 0.1) is 0 Å². The number of hydrogen-bond acceptors (Lipinski definition) is 3. The first-order chi connectivity index (χ1) is 8.26. The van der Waals surface area contributed by atoms with Gasteiger partial charge < -0.3 is 5.73 Å². The van der Waals surface area contributed by atoms with Crippen LogP contribution in [0.15, 0.2) is 23.5 Å². The van der Waals surface area contributed by atoms with Crippen molar-refractivity contribution in [2.24, 2.45) is 16.6 Å². The lowest BCUT2D eigenvalue weighted by molar-refractivity contribution is 0.463. The topological polar surface area (TPSA) is 76.2 Å². The van der Waals surface area contributed by atoms with E-state index < -0.39 is 0 Å². The summed E-state index contributed by atoms with van der Waals surface area (Å²) in [5.41, 5.74) is 5.73. The largest absolute Gasteiger partial charge is 0.370 e. The van der Waals surface area contributed by atoms with Crippen molar-refractivity contribution in [3.05, 3.63) is 18.5 Å². The molecular weight excluding hydrogens is 214 g/mol. The standard InChI is InChI=1S/C12H21N5/c1-3-10(4-2)6-9-14-11(13)17-12-15-7-5-8-16-12/h5,7-8,10H,3-4,6,9H2,1-2H3,(H3,13,14,15,16,17). The third-order valence-corrected chi connectivity index (χ3v) is 2.78. The zero-order valence-electron chi connectivity index (χ0n) is 10.6. The van der Waals surface area contributed by atoms with Gasteiger partial charge in [-0.1, -0.05) is 26.7 Å². The van der Waals surface area contributed by atoms with Gasteiger partial charge in [-0.25, -0.2) is 9.97 Å². The van der Waals surface area contributed by atoms with E-state index in [2.05, 4.69) is 34.1 Å². The Balaban J connectivity index is 2.35. The van der Waals surface area contributed by atoms with E-state index in [0.29, 0.717) is 11.9 Å². The molecule has 0 aliphatic heterocycles. The highest BCUT2D eigenvalue weighted by Crippen LogP contribution is 2.11. The Kier molecular flexibility index (Phi) is 5.99. The molecule has 94 valence electrons. The van der Waals surface area contributed by atoms with Crippen LogP contribution in [0.2, 0.25) is 0 Å². The monoisotopic (exact) mass is 235 g/mol. The molecule has 1 aromatic heterocycles. The molecule has 0 spiro atoms. The number of nitrogens with one attached hydrogen (secondary N) is 1. The fourth-order valence-electron chi connectivity index (χ4n) is 1.58. The molecule has 0 bridgehead atoms. The normalized spacial score (nSPS) is 11.8. The molecule has 17 heavy (non-hydrogen) atoms. The summed E-state index contributed by atoms with van der Waals surface area (Å²) in [6.07, 6.45) is 6.78. The summed E-state index contributed by atoms with van der Waals surface area (Å²) in [5, 5.41) is 2.86. The second-order valence-electron chi connectivity index (χ2n) is 3.94. The van der Waals surface area contributed by atoms with Gasteiger partial charge in [-0.2, -0.15) is 0 Å². The van der Waals surface area contributed by atoms with E-state index in [1.165, 1.54) is 12.8 Å². The highest BCUT2D eigenvalue weighted by molar-refractivity contribution is 5.90. The molecule has 0 saturated carbocycles. The number of nitrogens with zero attached hydrogens (tertiary/aromatic N) is 3. The van der Waals surface area contributed by atoms with Crippen molar-refractivity contribution in [2.45, 2.75) is 33.1 Å². The maximum absolute atomic E-state index is 5.73. The van der Waals surface area contributed by atoms with Crippen LogP contribution >= 0.6 is 0 Å². The molecule has 0 fully saturated rings. The van der Waals surface area contributed by atoms with Crippen LogP contribution in [0.1, 0.15) is 33.1 Å². The van der Waals surface area contributed by atoms with E-state index in [1.807, 2.05) is 0 Å². The maximum Gasteiger partial charge on any atom is 0.229 e. The van der Waals surface area contributed by atoms with Crippen LogP contribution in [-0.2, 0) is 0 Å². The van der Waals surface area contributed by atoms with Crippen molar-refractivity contribution in [3.63, 3.8) is 0 Å². The first-order valence-electron chi connectivity index (χ1n) is 6.10. The van der Waals surface area contributed by atoms with Gasteiger partial charge >= 0.3 is 0 Å². The average Bonchev–Trinajstić information content (AvgIpc) is 2.36. The zero-order valence-corrected chi connectivity index (χ0v) is 10.6. The number of hydrogen-bond donors (Lipinski definition) is 2. The second kappa shape index (κ2) is 7.60. The minimum Gasteiger partial charge on any atom is -0.370 e. The Morgan fingerprint density at radius 3 is 2.59 bits per heavy atom. The van der Waals surface area contributed by atoms with Crippen LogP contribution in [0.3, 0.4) is 0 Å². The van der Waals surface area contributed by atoms with Gasteiger partial charge in [0.15, 0.2) is 5.96 Å². The van der Waals surface area contributed by atoms with Gasteiger partial charge in [-0.15, -0.1) is 0 Å². The smallest absolute Gasteiger partial charge is 0.229 e. The molecule has 1 aromatic rings. The minimum atomic E-state index is 0.377. The minimum absolute atomic E-state index is 0.377. The van der Waals surface area contributed by atoms with Gasteiger partial charge in [0.1, 0.15) is 0 Å². The van der Waals surface area contributed by atoms with Crippen molar-refractivity contribution >= 4 is 11.9 Å². The van der Waals surface area contributed by atoms with Crippen molar-refractivity contribution in [1.29, 1.82) is 0 Å². The molecule has 0 aromatic carbocycles. The van der Waals surface area contributed by atoms with E-state index in [1.54, 1.807) is 18.5 Å². The molecule has 5 heteroatoms. The van der Waals surface area contributed by atoms with E-state index >= 15 is 0 Å². The summed E-state index contributed by atoms with van der Waals surface area (Å²) in [7, 11) is 0. The summed E-state index contributed by atoms with van der Waals surface area (Å²) < 4.78 is 0. The predicted molar refractivity (Wildman–Crippen MR) is 70.8 cm³/mol. The molecule has 0 aliphatic carbocycles. The molecule has 1 heterocycles. The Hall–Kier alpha value is -1.65. The molecule has 0 aliphatic rings. The van der Waals surface area contributed by atoms with E-state index in [0.717, 1.165) is 18.9 Å². The fraction of sp³-hybridized carbons (Fsp3) is 0.583. The third-order valence-electron chi connectivity index (χ3n) is 2.78. The van der Waals surface area contributed by atoms with Gasteiger partial charge in [0, 0.05) is 18.9 Å². The van der Waals surface area contributed by atoms with Crippen molar-refractivity contribution in [2.75, 3.05) is 11.9 Å². The molecule has 0 radical (unpaired) electrons. The third kappa shape index (κ3) is 5.29. The molecule has 0 amide bonds. The number of rotatable bonds is 6. The molecule has 5 nitrogen and oxygen atoms in total. The summed E-state index contributed by atoms with van der Waals surface area (Å²) in [5.74, 6) is 1.60. The summed E-state index contributed by atoms with van der Waals surface area (Å²) in [6, 6.07) is 1.76. The van der Waals surface area contributed by atoms with Gasteiger partial charge in [-0.3, -0.25) is 10.3 Å². The molecular formula is C12H21N5. The van der Waals surface area contributed by atoms with Crippen LogP contribution in [-0.4, -0.2) is 22.5 Å². The van der Waals surface area contributed by atoms with Crippen LogP contribution in [0, 0.1) is 5.92 Å². The number of guanidine groups is 1. The van der Waals surface area contributed by atoms with Gasteiger partial charge in [0.2, 0.25) is 5.95 Å². The number of aliphatic imine (C=N–C) groups is 1. The molecule has 3 N–H and O–H groups in total. The maximum atomic E-state index is 5.73. The SMILES string of the molecule is CCC(CC)CCN=C(N)Nc1ncccn1. The average molecular weight is 235 g/mol. The van der Waals surface area contributed by atoms with Crippen molar-refractivity contribution in [1.82, 2.24) is 9.97 Å². The Bertz CT molecular complexity index is 332. The summed E-state index contributed by atoms with van der Waals surface area (Å²) in [6.45, 7) is 5.16. The molecule has 0 saturated heterocycles. The van der Waals surface area contributed by atoms with Crippen molar-refractivity contribution in [3.8, 4) is 0 Å². The highest BCUT2D eigenvalue weighted by Gasteiger charge is 2.02. The zero-order chi connectivity index (χ0) is 12.5. The summed E-state index contributed by atoms with van der Waals surface area (Å²) >= 11 is 0. The van der Waals surface area contributed by atoms with E-state index in [-0.39, 0.29) is 0 Å². The molecule has 0 unspecified atom stereocenters. The van der Waals surface area contributed by atoms with Gasteiger partial charge in [0.25, 0.3) is 0 Å². The Labute approximate surface area is 103 Å². The highest BCUT2D eigenvalue weighted by atomic mass is 15.2. The van der Waals surface area contributed by atoms with Crippen molar-refractivity contribution < 1.29 is 0 Å². The lowest BCUT2D eigenvalue weighted by Gasteiger charge is -2.10. The van der Waals surface area contributed by atoms with Crippen LogP contribution in [0.25, 0.3) is 0 Å². The quantitative estimate of drug-likeness (QED) is 0.584. The number of nitrogens with two attached hydrogens (primary N) is 1. The molecule has 1 rings (SSSR count). The first kappa shape index (κ1) is 13.4. The second-order valence-corrected chi connectivity index (χ2v) is 3.94. The summed E-state index contributed by atoms with van der Waals surface area (Å²) in [4.78, 5) is 12.3. The Morgan fingerprint density at radius 2 is 2.00 bits per heavy atom.